The van der Waals surface area contributed by atoms with Gasteiger partial charge in [0.2, 0.25) is 0 Å². The van der Waals surface area contributed by atoms with Crippen LogP contribution in [-0.4, -0.2) is 79.2 Å². The van der Waals surface area contributed by atoms with E-state index in [9.17, 15) is 40.2 Å². The van der Waals surface area contributed by atoms with Crippen molar-refractivity contribution in [1.29, 1.82) is 0 Å². The molecule has 0 amide bonds. The van der Waals surface area contributed by atoms with Crippen LogP contribution in [0.4, 0.5) is 0 Å². The van der Waals surface area contributed by atoms with E-state index >= 15 is 0 Å². The average Bonchev–Trinajstić information content (AvgIpc) is 3.70. The van der Waals surface area contributed by atoms with Crippen molar-refractivity contribution in [3.05, 3.63) is 0 Å². The molecule has 6 N–H and O–H groups in total. The lowest BCUT2D eigenvalue weighted by Crippen LogP contribution is -2.62. The average molecular weight is 799 g/mol. The van der Waals surface area contributed by atoms with E-state index in [2.05, 4.69) is 41.5 Å². The summed E-state index contributed by atoms with van der Waals surface area (Å²) in [4.78, 5) is 24.9. The van der Waals surface area contributed by atoms with Crippen molar-refractivity contribution in [3.63, 3.8) is 0 Å². The Morgan fingerprint density at radius 3 is 1.58 bits per heavy atom. The number of carbonyl (C=O) groups excluding carboxylic acids is 1. The number of ether oxygens (including phenoxy) is 1. The number of rotatable bonds is 9. The van der Waals surface area contributed by atoms with Crippen LogP contribution in [0.5, 0.6) is 0 Å². The Morgan fingerprint density at radius 2 is 1.07 bits per heavy atom. The Labute approximate surface area is 342 Å². The molecule has 8 saturated carbocycles. The fourth-order valence-corrected chi connectivity index (χ4v) is 17.7. The largest absolute Gasteiger partial charge is 0.481 e. The zero-order chi connectivity index (χ0) is 41.0. The molecule has 57 heavy (non-hydrogen) atoms. The maximum Gasteiger partial charge on any atom is 0.306 e. The number of fused-ring (bicyclic) bond motifs is 10. The van der Waals surface area contributed by atoms with Crippen LogP contribution in [-0.2, 0) is 14.3 Å². The molecule has 22 atom stereocenters. The van der Waals surface area contributed by atoms with Crippen LogP contribution >= 0.6 is 0 Å². The third-order valence-corrected chi connectivity index (χ3v) is 20.9. The van der Waals surface area contributed by atoms with Crippen molar-refractivity contribution >= 4 is 11.9 Å². The monoisotopic (exact) mass is 799 g/mol. The van der Waals surface area contributed by atoms with Gasteiger partial charge in [-0.05, 0) is 195 Å². The summed E-state index contributed by atoms with van der Waals surface area (Å²) in [6, 6.07) is 0. The van der Waals surface area contributed by atoms with Crippen LogP contribution in [0.2, 0.25) is 0 Å². The molecule has 0 aromatic heterocycles. The Hall–Kier alpha value is -1.26. The molecule has 0 aromatic carbocycles. The van der Waals surface area contributed by atoms with Crippen LogP contribution in [0.3, 0.4) is 0 Å². The van der Waals surface area contributed by atoms with Crippen molar-refractivity contribution in [1.82, 2.24) is 0 Å². The molecule has 0 spiro atoms. The van der Waals surface area contributed by atoms with Gasteiger partial charge >= 0.3 is 11.9 Å². The first-order valence-electron chi connectivity index (χ1n) is 23.6. The lowest BCUT2D eigenvalue weighted by Gasteiger charge is -2.63. The molecule has 0 aromatic rings. The minimum Gasteiger partial charge on any atom is -0.481 e. The zero-order valence-corrected chi connectivity index (χ0v) is 36.0. The van der Waals surface area contributed by atoms with E-state index in [0.717, 1.165) is 77.0 Å². The van der Waals surface area contributed by atoms with Crippen LogP contribution < -0.4 is 0 Å². The van der Waals surface area contributed by atoms with Gasteiger partial charge in [-0.1, -0.05) is 41.5 Å². The molecule has 0 bridgehead atoms. The molecule has 0 saturated heterocycles. The van der Waals surface area contributed by atoms with Crippen LogP contribution in [0, 0.1) is 92.7 Å². The third-order valence-electron chi connectivity index (χ3n) is 20.9. The third kappa shape index (κ3) is 6.70. The predicted octanol–water partition coefficient (Wildman–Crippen LogP) is 7.38. The van der Waals surface area contributed by atoms with Gasteiger partial charge in [-0.25, -0.2) is 0 Å². The Morgan fingerprint density at radius 1 is 0.596 bits per heavy atom. The van der Waals surface area contributed by atoms with E-state index in [1.807, 2.05) is 0 Å². The highest BCUT2D eigenvalue weighted by Crippen LogP contribution is 2.70. The second-order valence-corrected chi connectivity index (χ2v) is 22.9. The van der Waals surface area contributed by atoms with E-state index in [4.69, 9.17) is 4.74 Å². The Kier molecular flexibility index (Phi) is 11.4. The summed E-state index contributed by atoms with van der Waals surface area (Å²) >= 11 is 0. The molecular formula is C48H78O9. The van der Waals surface area contributed by atoms with Crippen LogP contribution in [0.1, 0.15) is 157 Å². The highest BCUT2D eigenvalue weighted by molar-refractivity contribution is 5.69. The number of hydrogen-bond donors (Lipinski definition) is 6. The second kappa shape index (κ2) is 15.3. The summed E-state index contributed by atoms with van der Waals surface area (Å²) in [6.45, 7) is 13.7. The SMILES string of the molecule is C[C@H](CCC(=O)O[C@@H]1CC[C@]2(C)C3C[C@H](O)[C@@]4(C)C(CC[C@@H]4[C@H](C)CCC(=O)O)C3[C@H](O)C[C@@H]2C1)[C@H]1CCC2C3C(C[C@H](O)[C@@]21C)[C@@]1(C)CC[C@@H](O)C[C@H]1C[C@H]3O. The first-order chi connectivity index (χ1) is 26.8. The molecule has 324 valence electrons. The molecule has 8 rings (SSSR count). The Balaban J connectivity index is 0.867. The van der Waals surface area contributed by atoms with Gasteiger partial charge in [0.25, 0.3) is 0 Å². The standard InChI is InChI=1S/C48H78O9/c1-25(7-13-41(54)55)31-9-11-34-44-36(24-40(53)47(31,34)5)46(4)18-16-30(20-28(46)22-38(44)51)57-42(56)14-8-26(2)32-10-12-33-43-35(23-39(52)48(32,33)6)45(3)17-15-29(49)19-27(45)21-37(43)50/h25-40,43-44,49-53H,7-24H2,1-6H3,(H,54,55)/t25-,26-,27+,28+,29-,30-,31-,32-,33?,34?,35?,36?,37-,38-,39+,40+,43?,44?,45+,46+,47-,48-/m1/s1. The maximum atomic E-state index is 13.5. The molecule has 6 unspecified atom stereocenters. The van der Waals surface area contributed by atoms with Gasteiger partial charge in [0.15, 0.2) is 0 Å². The fraction of sp³-hybridized carbons (Fsp3) is 0.958. The summed E-state index contributed by atoms with van der Waals surface area (Å²) in [5, 5.41) is 67.3. The van der Waals surface area contributed by atoms with Crippen molar-refractivity contribution < 1.29 is 45.0 Å². The number of esters is 1. The molecule has 0 aliphatic heterocycles. The van der Waals surface area contributed by atoms with Gasteiger partial charge in [0.05, 0.1) is 30.5 Å². The van der Waals surface area contributed by atoms with E-state index in [1.54, 1.807) is 0 Å². The predicted molar refractivity (Wildman–Crippen MR) is 216 cm³/mol. The van der Waals surface area contributed by atoms with Gasteiger partial charge in [-0.3, -0.25) is 9.59 Å². The number of carboxylic acid groups (broad SMARTS) is 1. The quantitative estimate of drug-likeness (QED) is 0.131. The fourth-order valence-electron chi connectivity index (χ4n) is 17.7. The van der Waals surface area contributed by atoms with Crippen LogP contribution in [0.15, 0.2) is 0 Å². The summed E-state index contributed by atoms with van der Waals surface area (Å²) in [6.07, 6.45) is 11.5. The minimum absolute atomic E-state index is 0.0343. The van der Waals surface area contributed by atoms with Crippen molar-refractivity contribution in [2.45, 2.75) is 194 Å². The normalized spacial score (nSPS) is 53.9. The topological polar surface area (TPSA) is 165 Å². The van der Waals surface area contributed by atoms with Gasteiger partial charge < -0.3 is 35.4 Å². The molecule has 9 heteroatoms. The molecule has 8 aliphatic carbocycles. The highest BCUT2D eigenvalue weighted by atomic mass is 16.5. The molecular weight excluding hydrogens is 721 g/mol. The first kappa shape index (κ1) is 42.4. The summed E-state index contributed by atoms with van der Waals surface area (Å²) < 4.78 is 6.25. The molecule has 0 heterocycles. The lowest BCUT2D eigenvalue weighted by atomic mass is 9.43. The van der Waals surface area contributed by atoms with Crippen molar-refractivity contribution in [3.8, 4) is 0 Å². The van der Waals surface area contributed by atoms with Crippen molar-refractivity contribution in [2.75, 3.05) is 0 Å². The van der Waals surface area contributed by atoms with Crippen molar-refractivity contribution in [2.24, 2.45) is 92.7 Å². The number of aliphatic carboxylic acids is 1. The summed E-state index contributed by atoms with van der Waals surface area (Å²) in [5.74, 6) is 1.86. The van der Waals surface area contributed by atoms with Gasteiger partial charge in [0.1, 0.15) is 6.10 Å². The van der Waals surface area contributed by atoms with E-state index in [0.29, 0.717) is 38.0 Å². The Bertz CT molecular complexity index is 1500. The van der Waals surface area contributed by atoms with E-state index in [-0.39, 0.29) is 111 Å². The number of carbonyl (C=O) groups is 2. The second-order valence-electron chi connectivity index (χ2n) is 22.9. The van der Waals surface area contributed by atoms with Gasteiger partial charge in [-0.15, -0.1) is 0 Å². The number of carboxylic acids is 1. The van der Waals surface area contributed by atoms with Gasteiger partial charge in [-0.2, -0.15) is 0 Å². The number of aliphatic hydroxyl groups excluding tert-OH is 5. The summed E-state index contributed by atoms with van der Waals surface area (Å²) in [7, 11) is 0. The molecule has 8 aliphatic rings. The lowest BCUT2D eigenvalue weighted by molar-refractivity contribution is -0.209. The zero-order valence-electron chi connectivity index (χ0n) is 36.0. The van der Waals surface area contributed by atoms with E-state index in [1.165, 1.54) is 0 Å². The minimum atomic E-state index is -0.769. The van der Waals surface area contributed by atoms with Gasteiger partial charge in [0, 0.05) is 12.8 Å². The molecule has 9 nitrogen and oxygen atoms in total. The first-order valence-corrected chi connectivity index (χ1v) is 23.6. The smallest absolute Gasteiger partial charge is 0.306 e. The van der Waals surface area contributed by atoms with E-state index < -0.39 is 30.4 Å². The number of aliphatic hydroxyl groups is 5. The molecule has 8 fully saturated rings. The van der Waals surface area contributed by atoms with Crippen LogP contribution in [0.25, 0.3) is 0 Å². The number of hydrogen-bond acceptors (Lipinski definition) is 8. The summed E-state index contributed by atoms with van der Waals surface area (Å²) in [5.41, 5.74) is -0.595. The maximum absolute atomic E-state index is 13.5. The molecule has 0 radical (unpaired) electrons. The highest BCUT2D eigenvalue weighted by Gasteiger charge is 2.67.